The van der Waals surface area contributed by atoms with Crippen molar-refractivity contribution in [2.24, 2.45) is 16.6 Å². The Morgan fingerprint density at radius 3 is 2.42 bits per heavy atom. The molecule has 2 heteroatoms. The summed E-state index contributed by atoms with van der Waals surface area (Å²) in [4.78, 5) is 4.28. The van der Waals surface area contributed by atoms with Gasteiger partial charge in [-0.25, -0.2) is 0 Å². The van der Waals surface area contributed by atoms with Crippen molar-refractivity contribution in [1.82, 2.24) is 0 Å². The molecule has 0 saturated carbocycles. The zero-order valence-corrected chi connectivity index (χ0v) is 8.54. The Morgan fingerprint density at radius 2 is 2.00 bits per heavy atom. The second-order valence-electron chi connectivity index (χ2n) is 3.38. The maximum absolute atomic E-state index is 5.71. The van der Waals surface area contributed by atoms with Crippen LogP contribution in [0.4, 0.5) is 0 Å². The molecule has 0 bridgehead atoms. The standard InChI is InChI=1S/C10H20N2/c1-5-9(4)12-7-6-10(11)8(2)3/h6-9H,5,11H2,1-4H3/b10-6-,12-7?. The monoisotopic (exact) mass is 168 g/mol. The molecule has 0 aromatic rings. The Hall–Kier alpha value is -0.790. The lowest BCUT2D eigenvalue weighted by atomic mass is 10.1. The zero-order chi connectivity index (χ0) is 9.56. The third-order valence-electron chi connectivity index (χ3n) is 1.87. The van der Waals surface area contributed by atoms with Crippen molar-refractivity contribution in [2.75, 3.05) is 0 Å². The Bertz CT molecular complexity index is 169. The van der Waals surface area contributed by atoms with Gasteiger partial charge in [0.05, 0.1) is 0 Å². The smallest absolute Gasteiger partial charge is 0.0468 e. The third kappa shape index (κ3) is 4.94. The Morgan fingerprint density at radius 1 is 1.42 bits per heavy atom. The second-order valence-corrected chi connectivity index (χ2v) is 3.38. The first-order chi connectivity index (χ1) is 5.57. The van der Waals surface area contributed by atoms with Crippen LogP contribution in [0.15, 0.2) is 16.8 Å². The van der Waals surface area contributed by atoms with Crippen LogP contribution < -0.4 is 5.73 Å². The van der Waals surface area contributed by atoms with E-state index in [1.165, 1.54) is 0 Å². The van der Waals surface area contributed by atoms with Gasteiger partial charge in [-0.2, -0.15) is 0 Å². The Kier molecular flexibility index (Phi) is 5.43. The van der Waals surface area contributed by atoms with Crippen molar-refractivity contribution in [3.63, 3.8) is 0 Å². The van der Waals surface area contributed by atoms with Crippen molar-refractivity contribution >= 4 is 6.21 Å². The molecule has 0 spiro atoms. The second kappa shape index (κ2) is 5.81. The van der Waals surface area contributed by atoms with Crippen molar-refractivity contribution in [3.05, 3.63) is 11.8 Å². The number of nitrogens with zero attached hydrogens (tertiary/aromatic N) is 1. The largest absolute Gasteiger partial charge is 0.402 e. The molecule has 0 fully saturated rings. The van der Waals surface area contributed by atoms with E-state index in [1.54, 1.807) is 0 Å². The van der Waals surface area contributed by atoms with Gasteiger partial charge in [0, 0.05) is 18.0 Å². The molecule has 0 heterocycles. The first kappa shape index (κ1) is 11.2. The van der Waals surface area contributed by atoms with E-state index in [9.17, 15) is 0 Å². The summed E-state index contributed by atoms with van der Waals surface area (Å²) in [6.07, 6.45) is 4.77. The lowest BCUT2D eigenvalue weighted by molar-refractivity contribution is 0.720. The highest BCUT2D eigenvalue weighted by atomic mass is 14.7. The first-order valence-corrected chi connectivity index (χ1v) is 4.56. The van der Waals surface area contributed by atoms with Gasteiger partial charge in [0.25, 0.3) is 0 Å². The average Bonchev–Trinajstić information content (AvgIpc) is 2.03. The molecule has 1 unspecified atom stereocenters. The minimum Gasteiger partial charge on any atom is -0.402 e. The molecule has 0 rings (SSSR count). The molecule has 0 aromatic heterocycles. The van der Waals surface area contributed by atoms with Gasteiger partial charge in [-0.3, -0.25) is 4.99 Å². The summed E-state index contributed by atoms with van der Waals surface area (Å²) in [6.45, 7) is 8.36. The first-order valence-electron chi connectivity index (χ1n) is 4.56. The predicted molar refractivity (Wildman–Crippen MR) is 55.4 cm³/mol. The lowest BCUT2D eigenvalue weighted by Gasteiger charge is -2.02. The van der Waals surface area contributed by atoms with Gasteiger partial charge in [0.15, 0.2) is 0 Å². The van der Waals surface area contributed by atoms with Gasteiger partial charge in [-0.05, 0) is 25.3 Å². The summed E-state index contributed by atoms with van der Waals surface area (Å²) < 4.78 is 0. The van der Waals surface area contributed by atoms with E-state index in [0.29, 0.717) is 12.0 Å². The number of hydrogen-bond acceptors (Lipinski definition) is 2. The van der Waals surface area contributed by atoms with Crippen LogP contribution in [-0.2, 0) is 0 Å². The van der Waals surface area contributed by atoms with E-state index in [-0.39, 0.29) is 0 Å². The summed E-state index contributed by atoms with van der Waals surface area (Å²) >= 11 is 0. The predicted octanol–water partition coefficient (Wildman–Crippen LogP) is 2.35. The average molecular weight is 168 g/mol. The minimum absolute atomic E-state index is 0.404. The van der Waals surface area contributed by atoms with E-state index < -0.39 is 0 Å². The van der Waals surface area contributed by atoms with E-state index >= 15 is 0 Å². The van der Waals surface area contributed by atoms with Crippen molar-refractivity contribution in [2.45, 2.75) is 40.2 Å². The SMILES string of the molecule is CCC(C)N=C/C=C(\N)C(C)C. The molecule has 0 saturated heterocycles. The fraction of sp³-hybridized carbons (Fsp3) is 0.700. The molecule has 0 amide bonds. The minimum atomic E-state index is 0.404. The van der Waals surface area contributed by atoms with E-state index in [4.69, 9.17) is 5.73 Å². The number of nitrogens with two attached hydrogens (primary N) is 1. The van der Waals surface area contributed by atoms with E-state index in [2.05, 4.69) is 32.7 Å². The normalized spacial score (nSPS) is 15.9. The van der Waals surface area contributed by atoms with E-state index in [0.717, 1.165) is 12.1 Å². The van der Waals surface area contributed by atoms with E-state index in [1.807, 2.05) is 12.3 Å². The molecular formula is C10H20N2. The molecule has 0 radical (unpaired) electrons. The van der Waals surface area contributed by atoms with Crippen LogP contribution in [0.3, 0.4) is 0 Å². The quantitative estimate of drug-likeness (QED) is 0.643. The molecule has 0 aliphatic heterocycles. The van der Waals surface area contributed by atoms with Crippen LogP contribution in [0.25, 0.3) is 0 Å². The fourth-order valence-corrected chi connectivity index (χ4v) is 0.574. The van der Waals surface area contributed by atoms with Crippen LogP contribution in [0, 0.1) is 5.92 Å². The highest BCUT2D eigenvalue weighted by Gasteiger charge is 1.94. The molecule has 70 valence electrons. The summed E-state index contributed by atoms with van der Waals surface area (Å²) in [5.41, 5.74) is 6.60. The molecule has 0 aliphatic carbocycles. The third-order valence-corrected chi connectivity index (χ3v) is 1.87. The highest BCUT2D eigenvalue weighted by molar-refractivity contribution is 5.72. The molecule has 0 aliphatic rings. The Balaban J connectivity index is 3.94. The molecule has 2 nitrogen and oxygen atoms in total. The number of allylic oxidation sites excluding steroid dienone is 2. The van der Waals surface area contributed by atoms with Gasteiger partial charge in [-0.15, -0.1) is 0 Å². The van der Waals surface area contributed by atoms with Gasteiger partial charge < -0.3 is 5.73 Å². The van der Waals surface area contributed by atoms with Crippen molar-refractivity contribution in [1.29, 1.82) is 0 Å². The summed E-state index contributed by atoms with van der Waals surface area (Å²) in [7, 11) is 0. The maximum Gasteiger partial charge on any atom is 0.0468 e. The topological polar surface area (TPSA) is 38.4 Å². The summed E-state index contributed by atoms with van der Waals surface area (Å²) in [5, 5.41) is 0. The van der Waals surface area contributed by atoms with Gasteiger partial charge in [0.2, 0.25) is 0 Å². The van der Waals surface area contributed by atoms with Crippen molar-refractivity contribution in [3.8, 4) is 0 Å². The molecule has 1 atom stereocenters. The fourth-order valence-electron chi connectivity index (χ4n) is 0.574. The number of aliphatic imine (C=N–C) groups is 1. The lowest BCUT2D eigenvalue weighted by Crippen LogP contribution is -2.05. The number of rotatable bonds is 4. The maximum atomic E-state index is 5.71. The van der Waals surface area contributed by atoms with Crippen LogP contribution in [0.2, 0.25) is 0 Å². The Labute approximate surface area is 75.6 Å². The number of hydrogen-bond donors (Lipinski definition) is 1. The van der Waals surface area contributed by atoms with Crippen LogP contribution >= 0.6 is 0 Å². The summed E-state index contributed by atoms with van der Waals surface area (Å²) in [5.74, 6) is 0.411. The molecule has 2 N–H and O–H groups in total. The molecule has 0 aromatic carbocycles. The van der Waals surface area contributed by atoms with Gasteiger partial charge >= 0.3 is 0 Å². The summed E-state index contributed by atoms with van der Waals surface area (Å²) in [6, 6.07) is 0.404. The van der Waals surface area contributed by atoms with Crippen LogP contribution in [-0.4, -0.2) is 12.3 Å². The van der Waals surface area contributed by atoms with Gasteiger partial charge in [-0.1, -0.05) is 20.8 Å². The molecule has 12 heavy (non-hydrogen) atoms. The van der Waals surface area contributed by atoms with Crippen molar-refractivity contribution < 1.29 is 0 Å². The van der Waals surface area contributed by atoms with Crippen LogP contribution in [0.1, 0.15) is 34.1 Å². The highest BCUT2D eigenvalue weighted by Crippen LogP contribution is 2.00. The molecular weight excluding hydrogens is 148 g/mol. The zero-order valence-electron chi connectivity index (χ0n) is 8.54. The van der Waals surface area contributed by atoms with Gasteiger partial charge in [0.1, 0.15) is 0 Å². The van der Waals surface area contributed by atoms with Crippen LogP contribution in [0.5, 0.6) is 0 Å².